The van der Waals surface area contributed by atoms with Gasteiger partial charge in [0.1, 0.15) is 5.75 Å². The molecule has 0 aliphatic heterocycles. The number of hydrogen-bond donors (Lipinski definition) is 2. The maximum atomic E-state index is 9.31. The number of benzene rings is 1. The maximum absolute atomic E-state index is 9.31. The number of hydrogen-bond acceptors (Lipinski definition) is 2. The SMILES string of the molecule is CNCC(C)c1cc(O)ccc1Br. The highest BCUT2D eigenvalue weighted by Crippen LogP contribution is 2.27. The molecule has 0 bridgehead atoms. The van der Waals surface area contributed by atoms with Gasteiger partial charge in [-0.1, -0.05) is 22.9 Å². The highest BCUT2D eigenvalue weighted by atomic mass is 79.9. The topological polar surface area (TPSA) is 32.3 Å². The zero-order chi connectivity index (χ0) is 9.84. The van der Waals surface area contributed by atoms with Crippen molar-refractivity contribution in [1.82, 2.24) is 5.32 Å². The fraction of sp³-hybridized carbons (Fsp3) is 0.400. The number of halogens is 1. The molecule has 0 fully saturated rings. The number of nitrogens with one attached hydrogen (secondary N) is 1. The Balaban J connectivity index is 2.91. The molecule has 0 amide bonds. The van der Waals surface area contributed by atoms with Crippen molar-refractivity contribution >= 4 is 15.9 Å². The molecule has 1 aromatic rings. The minimum absolute atomic E-state index is 0.321. The molecule has 72 valence electrons. The van der Waals surface area contributed by atoms with E-state index >= 15 is 0 Å². The van der Waals surface area contributed by atoms with E-state index in [0.717, 1.165) is 16.6 Å². The number of phenols is 1. The molecule has 0 aliphatic carbocycles. The quantitative estimate of drug-likeness (QED) is 0.856. The fourth-order valence-electron chi connectivity index (χ4n) is 1.32. The average molecular weight is 244 g/mol. The summed E-state index contributed by atoms with van der Waals surface area (Å²) in [6.45, 7) is 3.03. The second-order valence-electron chi connectivity index (χ2n) is 3.16. The number of rotatable bonds is 3. The van der Waals surface area contributed by atoms with Gasteiger partial charge in [0.15, 0.2) is 0 Å². The van der Waals surface area contributed by atoms with Crippen LogP contribution in [-0.2, 0) is 0 Å². The van der Waals surface area contributed by atoms with Crippen LogP contribution >= 0.6 is 15.9 Å². The third kappa shape index (κ3) is 2.71. The molecule has 13 heavy (non-hydrogen) atoms. The normalized spacial score (nSPS) is 12.8. The van der Waals surface area contributed by atoms with Gasteiger partial charge in [-0.05, 0) is 36.7 Å². The molecule has 3 heteroatoms. The standard InChI is InChI=1S/C10H14BrNO/c1-7(6-12-2)9-5-8(13)3-4-10(9)11/h3-5,7,12-13H,6H2,1-2H3. The first-order chi connectivity index (χ1) is 6.15. The summed E-state index contributed by atoms with van der Waals surface area (Å²) in [5, 5.41) is 12.4. The van der Waals surface area contributed by atoms with Crippen LogP contribution < -0.4 is 5.32 Å². The predicted octanol–water partition coefficient (Wildman–Crippen LogP) is 2.48. The average Bonchev–Trinajstić information content (AvgIpc) is 2.09. The van der Waals surface area contributed by atoms with E-state index in [0.29, 0.717) is 11.7 Å². The first kappa shape index (κ1) is 10.5. The van der Waals surface area contributed by atoms with Crippen LogP contribution in [0, 0.1) is 0 Å². The van der Waals surface area contributed by atoms with Crippen molar-refractivity contribution in [2.75, 3.05) is 13.6 Å². The zero-order valence-corrected chi connectivity index (χ0v) is 9.43. The molecule has 2 nitrogen and oxygen atoms in total. The molecular weight excluding hydrogens is 230 g/mol. The lowest BCUT2D eigenvalue weighted by Crippen LogP contribution is -2.14. The van der Waals surface area contributed by atoms with Crippen LogP contribution in [0.25, 0.3) is 0 Å². The van der Waals surface area contributed by atoms with Crippen molar-refractivity contribution in [1.29, 1.82) is 0 Å². The summed E-state index contributed by atoms with van der Waals surface area (Å²) in [6, 6.07) is 5.35. The lowest BCUT2D eigenvalue weighted by atomic mass is 10.0. The molecule has 0 saturated carbocycles. The van der Waals surface area contributed by atoms with Crippen molar-refractivity contribution in [3.63, 3.8) is 0 Å². The summed E-state index contributed by atoms with van der Waals surface area (Å²) in [5.41, 5.74) is 1.13. The first-order valence-corrected chi connectivity index (χ1v) is 5.07. The van der Waals surface area contributed by atoms with Crippen LogP contribution in [0.5, 0.6) is 5.75 Å². The highest BCUT2D eigenvalue weighted by molar-refractivity contribution is 9.10. The van der Waals surface area contributed by atoms with E-state index < -0.39 is 0 Å². The van der Waals surface area contributed by atoms with Gasteiger partial charge in [-0.3, -0.25) is 0 Å². The van der Waals surface area contributed by atoms with Crippen molar-refractivity contribution in [2.45, 2.75) is 12.8 Å². The molecule has 1 unspecified atom stereocenters. The van der Waals surface area contributed by atoms with Gasteiger partial charge < -0.3 is 10.4 Å². The molecule has 1 rings (SSSR count). The van der Waals surface area contributed by atoms with Crippen LogP contribution in [0.1, 0.15) is 18.4 Å². The van der Waals surface area contributed by atoms with Gasteiger partial charge in [-0.15, -0.1) is 0 Å². The first-order valence-electron chi connectivity index (χ1n) is 4.28. The minimum Gasteiger partial charge on any atom is -0.508 e. The summed E-state index contributed by atoms with van der Waals surface area (Å²) >= 11 is 3.46. The highest BCUT2D eigenvalue weighted by Gasteiger charge is 2.08. The fourth-order valence-corrected chi connectivity index (χ4v) is 1.96. The number of phenolic OH excluding ortho intramolecular Hbond substituents is 1. The Hall–Kier alpha value is -0.540. The molecule has 0 aromatic heterocycles. The smallest absolute Gasteiger partial charge is 0.115 e. The van der Waals surface area contributed by atoms with Crippen molar-refractivity contribution < 1.29 is 5.11 Å². The van der Waals surface area contributed by atoms with Crippen LogP contribution in [0.2, 0.25) is 0 Å². The lowest BCUT2D eigenvalue weighted by molar-refractivity contribution is 0.473. The van der Waals surface area contributed by atoms with Crippen LogP contribution in [-0.4, -0.2) is 18.7 Å². The van der Waals surface area contributed by atoms with Crippen LogP contribution in [0.3, 0.4) is 0 Å². The zero-order valence-electron chi connectivity index (χ0n) is 7.84. The molecule has 0 saturated heterocycles. The largest absolute Gasteiger partial charge is 0.508 e. The summed E-state index contributed by atoms with van der Waals surface area (Å²) in [5.74, 6) is 0.715. The van der Waals surface area contributed by atoms with E-state index in [4.69, 9.17) is 0 Å². The Morgan fingerprint density at radius 1 is 1.54 bits per heavy atom. The third-order valence-electron chi connectivity index (χ3n) is 2.02. The molecule has 0 heterocycles. The lowest BCUT2D eigenvalue weighted by Gasteiger charge is -2.13. The molecule has 0 spiro atoms. The molecule has 1 atom stereocenters. The summed E-state index contributed by atoms with van der Waals surface area (Å²) in [7, 11) is 1.92. The molecule has 0 radical (unpaired) electrons. The molecular formula is C10H14BrNO. The Morgan fingerprint density at radius 3 is 2.85 bits per heavy atom. The summed E-state index contributed by atoms with van der Waals surface area (Å²) < 4.78 is 1.05. The monoisotopic (exact) mass is 243 g/mol. The van der Waals surface area contributed by atoms with E-state index in [1.807, 2.05) is 13.1 Å². The summed E-state index contributed by atoms with van der Waals surface area (Å²) in [6.07, 6.45) is 0. The second kappa shape index (κ2) is 4.63. The Bertz CT molecular complexity index is 288. The van der Waals surface area contributed by atoms with Crippen molar-refractivity contribution in [2.24, 2.45) is 0 Å². The third-order valence-corrected chi connectivity index (χ3v) is 2.74. The van der Waals surface area contributed by atoms with Crippen LogP contribution in [0.4, 0.5) is 0 Å². The Morgan fingerprint density at radius 2 is 2.23 bits per heavy atom. The minimum atomic E-state index is 0.321. The Kier molecular flexibility index (Phi) is 3.75. The molecule has 0 aliphatic rings. The van der Waals surface area contributed by atoms with Gasteiger partial charge >= 0.3 is 0 Å². The van der Waals surface area contributed by atoms with E-state index in [2.05, 4.69) is 28.2 Å². The summed E-state index contributed by atoms with van der Waals surface area (Å²) in [4.78, 5) is 0. The van der Waals surface area contributed by atoms with Gasteiger partial charge in [-0.2, -0.15) is 0 Å². The second-order valence-corrected chi connectivity index (χ2v) is 4.02. The molecule has 1 aromatic carbocycles. The van der Waals surface area contributed by atoms with E-state index in [1.165, 1.54) is 0 Å². The van der Waals surface area contributed by atoms with Gasteiger partial charge in [0.25, 0.3) is 0 Å². The number of aromatic hydroxyl groups is 1. The van der Waals surface area contributed by atoms with Gasteiger partial charge in [0.2, 0.25) is 0 Å². The van der Waals surface area contributed by atoms with Gasteiger partial charge in [0, 0.05) is 11.0 Å². The van der Waals surface area contributed by atoms with Crippen molar-refractivity contribution in [3.05, 3.63) is 28.2 Å². The van der Waals surface area contributed by atoms with Gasteiger partial charge in [-0.25, -0.2) is 0 Å². The molecule has 2 N–H and O–H groups in total. The number of likely N-dealkylation sites (N-methyl/N-ethyl adjacent to an activating group) is 1. The maximum Gasteiger partial charge on any atom is 0.115 e. The van der Waals surface area contributed by atoms with Gasteiger partial charge in [0.05, 0.1) is 0 Å². The predicted molar refractivity (Wildman–Crippen MR) is 58.1 cm³/mol. The van der Waals surface area contributed by atoms with E-state index in [-0.39, 0.29) is 0 Å². The van der Waals surface area contributed by atoms with E-state index in [1.54, 1.807) is 12.1 Å². The van der Waals surface area contributed by atoms with Crippen molar-refractivity contribution in [3.8, 4) is 5.75 Å². The van der Waals surface area contributed by atoms with Crippen LogP contribution in [0.15, 0.2) is 22.7 Å². The van der Waals surface area contributed by atoms with E-state index in [9.17, 15) is 5.11 Å². The Labute approximate surface area is 87.1 Å².